The van der Waals surface area contributed by atoms with Gasteiger partial charge in [0.2, 0.25) is 0 Å². The van der Waals surface area contributed by atoms with Crippen LogP contribution in [-0.4, -0.2) is 36.6 Å². The molecule has 0 aromatic heterocycles. The Balaban J connectivity index is 2.61. The van der Waals surface area contributed by atoms with E-state index >= 15 is 0 Å². The van der Waals surface area contributed by atoms with Crippen molar-refractivity contribution in [3.05, 3.63) is 25.3 Å². The molecule has 1 atom stereocenters. The lowest BCUT2D eigenvalue weighted by molar-refractivity contribution is -0.156. The molecule has 0 radical (unpaired) electrons. The van der Waals surface area contributed by atoms with Gasteiger partial charge in [-0.05, 0) is 6.42 Å². The molecule has 0 aromatic rings. The maximum atomic E-state index is 11.3. The number of hydrogen-bond acceptors (Lipinski definition) is 3. The number of carbonyl (C=O) groups is 1. The van der Waals surface area contributed by atoms with E-state index in [-0.39, 0.29) is 12.0 Å². The normalized spacial score (nSPS) is 23.7. The lowest BCUT2D eigenvalue weighted by atomic mass is 10.1. The lowest BCUT2D eigenvalue weighted by Gasteiger charge is -2.32. The van der Waals surface area contributed by atoms with E-state index in [0.29, 0.717) is 13.0 Å². The Labute approximate surface area is 78.7 Å². The average Bonchev–Trinajstić information content (AvgIpc) is 2.11. The van der Waals surface area contributed by atoms with Crippen LogP contribution < -0.4 is 0 Å². The zero-order valence-corrected chi connectivity index (χ0v) is 7.74. The molecule has 0 spiro atoms. The van der Waals surface area contributed by atoms with Gasteiger partial charge in [-0.2, -0.15) is 0 Å². The smallest absolute Gasteiger partial charge is 0.323 e. The molecule has 0 N–H and O–H groups in total. The van der Waals surface area contributed by atoms with E-state index in [0.717, 1.165) is 13.1 Å². The van der Waals surface area contributed by atoms with Crippen LogP contribution in [0, 0.1) is 0 Å². The van der Waals surface area contributed by atoms with Gasteiger partial charge in [0.25, 0.3) is 0 Å². The Morgan fingerprint density at radius 2 is 2.31 bits per heavy atom. The van der Waals surface area contributed by atoms with Crippen LogP contribution in [0.4, 0.5) is 0 Å². The molecule has 1 fully saturated rings. The second-order valence-corrected chi connectivity index (χ2v) is 2.99. The lowest BCUT2D eigenvalue weighted by Crippen LogP contribution is -2.48. The Bertz CT molecular complexity index is 213. The third-order valence-corrected chi connectivity index (χ3v) is 2.09. The second-order valence-electron chi connectivity index (χ2n) is 2.99. The van der Waals surface area contributed by atoms with Gasteiger partial charge in [-0.15, -0.1) is 13.2 Å². The number of hydrogen-bond donors (Lipinski definition) is 0. The van der Waals surface area contributed by atoms with Gasteiger partial charge >= 0.3 is 5.97 Å². The van der Waals surface area contributed by atoms with Crippen LogP contribution in [0.3, 0.4) is 0 Å². The molecule has 0 bridgehead atoms. The van der Waals surface area contributed by atoms with Crippen molar-refractivity contribution in [2.24, 2.45) is 0 Å². The van der Waals surface area contributed by atoms with Crippen molar-refractivity contribution in [2.75, 3.05) is 19.7 Å². The summed E-state index contributed by atoms with van der Waals surface area (Å²) >= 11 is 0. The average molecular weight is 181 g/mol. The number of esters is 1. The quantitative estimate of drug-likeness (QED) is 0.478. The van der Waals surface area contributed by atoms with Gasteiger partial charge in [0.15, 0.2) is 0 Å². The fourth-order valence-electron chi connectivity index (χ4n) is 1.45. The van der Waals surface area contributed by atoms with Crippen LogP contribution in [0.5, 0.6) is 0 Å². The first kappa shape index (κ1) is 9.99. The minimum Gasteiger partial charge on any atom is -0.463 e. The molecule has 1 aliphatic heterocycles. The van der Waals surface area contributed by atoms with E-state index in [1.54, 1.807) is 12.2 Å². The maximum absolute atomic E-state index is 11.3. The van der Waals surface area contributed by atoms with E-state index < -0.39 is 0 Å². The van der Waals surface area contributed by atoms with Crippen molar-refractivity contribution in [2.45, 2.75) is 12.5 Å². The highest BCUT2D eigenvalue weighted by molar-refractivity contribution is 5.76. The van der Waals surface area contributed by atoms with E-state index in [4.69, 9.17) is 4.74 Å². The van der Waals surface area contributed by atoms with E-state index in [9.17, 15) is 4.79 Å². The second kappa shape index (κ2) is 4.82. The number of rotatable bonds is 4. The molecule has 1 saturated heterocycles. The summed E-state index contributed by atoms with van der Waals surface area (Å²) < 4.78 is 4.96. The Hall–Kier alpha value is -1.09. The van der Waals surface area contributed by atoms with E-state index in [1.165, 1.54) is 0 Å². The minimum atomic E-state index is -0.163. The number of carbonyl (C=O) groups excluding carboxylic acids is 1. The van der Waals surface area contributed by atoms with E-state index in [2.05, 4.69) is 18.1 Å². The number of ether oxygens (including phenoxy) is 1. The molecule has 3 nitrogen and oxygen atoms in total. The predicted molar refractivity (Wildman–Crippen MR) is 51.3 cm³/mol. The molecule has 1 heterocycles. The van der Waals surface area contributed by atoms with Crippen molar-refractivity contribution in [3.63, 3.8) is 0 Å². The highest BCUT2D eigenvalue weighted by Gasteiger charge is 2.29. The van der Waals surface area contributed by atoms with Gasteiger partial charge < -0.3 is 4.74 Å². The van der Waals surface area contributed by atoms with Gasteiger partial charge in [0.1, 0.15) is 12.6 Å². The highest BCUT2D eigenvalue weighted by Crippen LogP contribution is 2.11. The first-order chi connectivity index (χ1) is 6.29. The van der Waals surface area contributed by atoms with Crippen LogP contribution in [-0.2, 0) is 9.53 Å². The molecular formula is C10H15NO2. The molecule has 1 rings (SSSR count). The van der Waals surface area contributed by atoms with Crippen LogP contribution in [0.25, 0.3) is 0 Å². The van der Waals surface area contributed by atoms with Crippen LogP contribution in [0.15, 0.2) is 25.3 Å². The summed E-state index contributed by atoms with van der Waals surface area (Å²) in [4.78, 5) is 13.4. The fourth-order valence-corrected chi connectivity index (χ4v) is 1.45. The monoisotopic (exact) mass is 181 g/mol. The predicted octanol–water partition coefficient (Wildman–Crippen LogP) is 0.976. The van der Waals surface area contributed by atoms with Crippen LogP contribution >= 0.6 is 0 Å². The van der Waals surface area contributed by atoms with Crippen molar-refractivity contribution in [1.82, 2.24) is 4.90 Å². The van der Waals surface area contributed by atoms with Crippen LogP contribution in [0.1, 0.15) is 6.42 Å². The zero-order valence-electron chi connectivity index (χ0n) is 7.74. The minimum absolute atomic E-state index is 0.145. The van der Waals surface area contributed by atoms with Crippen molar-refractivity contribution in [3.8, 4) is 0 Å². The van der Waals surface area contributed by atoms with Crippen molar-refractivity contribution >= 4 is 5.97 Å². The van der Waals surface area contributed by atoms with Gasteiger partial charge in [0, 0.05) is 13.1 Å². The number of cyclic esters (lactones) is 1. The van der Waals surface area contributed by atoms with Crippen LogP contribution in [0.2, 0.25) is 0 Å². The molecule has 0 amide bonds. The number of morpholine rings is 1. The topological polar surface area (TPSA) is 29.5 Å². The highest BCUT2D eigenvalue weighted by atomic mass is 16.5. The third-order valence-electron chi connectivity index (χ3n) is 2.09. The maximum Gasteiger partial charge on any atom is 0.323 e. The summed E-state index contributed by atoms with van der Waals surface area (Å²) in [6.07, 6.45) is 4.19. The summed E-state index contributed by atoms with van der Waals surface area (Å²) in [7, 11) is 0. The van der Waals surface area contributed by atoms with Crippen molar-refractivity contribution < 1.29 is 9.53 Å². The molecule has 72 valence electrons. The van der Waals surface area contributed by atoms with Gasteiger partial charge in [-0.3, -0.25) is 9.69 Å². The largest absolute Gasteiger partial charge is 0.463 e. The zero-order chi connectivity index (χ0) is 9.68. The first-order valence-corrected chi connectivity index (χ1v) is 4.42. The Morgan fingerprint density at radius 3 is 2.92 bits per heavy atom. The summed E-state index contributed by atoms with van der Waals surface area (Å²) in [6, 6.07) is -0.163. The summed E-state index contributed by atoms with van der Waals surface area (Å²) in [5.74, 6) is -0.145. The molecule has 3 heteroatoms. The molecular weight excluding hydrogens is 166 g/mol. The molecule has 0 saturated carbocycles. The summed E-state index contributed by atoms with van der Waals surface area (Å²) in [5, 5.41) is 0. The Kier molecular flexibility index (Phi) is 3.71. The molecule has 0 aliphatic carbocycles. The molecule has 1 aliphatic rings. The molecule has 0 aromatic carbocycles. The molecule has 13 heavy (non-hydrogen) atoms. The number of nitrogens with zero attached hydrogens (tertiary/aromatic N) is 1. The SMILES string of the molecule is C=CCC1C(=O)OCCN1CC=C. The summed E-state index contributed by atoms with van der Waals surface area (Å²) in [6.45, 7) is 9.28. The van der Waals surface area contributed by atoms with E-state index in [1.807, 2.05) is 0 Å². The molecule has 1 unspecified atom stereocenters. The third kappa shape index (κ3) is 2.42. The first-order valence-electron chi connectivity index (χ1n) is 4.42. The Morgan fingerprint density at radius 1 is 1.54 bits per heavy atom. The summed E-state index contributed by atoms with van der Waals surface area (Å²) in [5.41, 5.74) is 0. The fraction of sp³-hybridized carbons (Fsp3) is 0.500. The van der Waals surface area contributed by atoms with Gasteiger partial charge in [-0.1, -0.05) is 12.2 Å². The van der Waals surface area contributed by atoms with Crippen molar-refractivity contribution in [1.29, 1.82) is 0 Å². The standard InChI is InChI=1S/C10H15NO2/c1-3-5-9-10(12)13-8-7-11(9)6-4-2/h3-4,9H,1-2,5-8H2. The van der Waals surface area contributed by atoms with Gasteiger partial charge in [0.05, 0.1) is 0 Å². The van der Waals surface area contributed by atoms with Gasteiger partial charge in [-0.25, -0.2) is 0 Å².